The number of halogens is 1. The average molecular weight is 354 g/mol. The van der Waals surface area contributed by atoms with Gasteiger partial charge in [0.15, 0.2) is 0 Å². The first-order valence-corrected chi connectivity index (χ1v) is 9.37. The molecule has 0 aromatic heterocycles. The van der Waals surface area contributed by atoms with Crippen molar-refractivity contribution in [2.45, 2.75) is 18.6 Å². The normalized spacial score (nSPS) is 11.4. The van der Waals surface area contributed by atoms with Crippen LogP contribution in [0.1, 0.15) is 17.5 Å². The number of ether oxygens (including phenoxy) is 1. The fourth-order valence-corrected chi connectivity index (χ4v) is 3.72. The quantitative estimate of drug-likeness (QED) is 0.740. The molecule has 2 aromatic carbocycles. The van der Waals surface area contributed by atoms with Crippen molar-refractivity contribution in [1.82, 2.24) is 4.72 Å². The summed E-state index contributed by atoms with van der Waals surface area (Å²) in [6.07, 6.45) is 1.50. The Labute approximate surface area is 142 Å². The molecule has 0 spiro atoms. The fourth-order valence-electron chi connectivity index (χ4n) is 2.22. The van der Waals surface area contributed by atoms with Crippen LogP contribution in [0, 0.1) is 0 Å². The third-order valence-electron chi connectivity index (χ3n) is 3.40. The molecule has 23 heavy (non-hydrogen) atoms. The Kier molecular flexibility index (Phi) is 6.45. The predicted octanol–water partition coefficient (Wildman–Crippen LogP) is 3.40. The Balaban J connectivity index is 1.82. The first-order valence-electron chi connectivity index (χ1n) is 7.34. The van der Waals surface area contributed by atoms with Crippen LogP contribution in [0.2, 0.25) is 5.02 Å². The fraction of sp³-hybridized carbons (Fsp3) is 0.294. The summed E-state index contributed by atoms with van der Waals surface area (Å²) >= 11 is 6.00. The van der Waals surface area contributed by atoms with E-state index in [1.807, 2.05) is 24.3 Å². The maximum atomic E-state index is 12.1. The van der Waals surface area contributed by atoms with E-state index in [1.54, 1.807) is 31.4 Å². The third kappa shape index (κ3) is 5.86. The molecule has 0 aliphatic rings. The van der Waals surface area contributed by atoms with Crippen LogP contribution in [0.3, 0.4) is 0 Å². The maximum Gasteiger partial charge on any atom is 0.215 e. The van der Waals surface area contributed by atoms with Gasteiger partial charge in [0.05, 0.1) is 12.9 Å². The number of rotatable bonds is 8. The summed E-state index contributed by atoms with van der Waals surface area (Å²) in [4.78, 5) is 0. The molecule has 0 aliphatic heterocycles. The second-order valence-corrected chi connectivity index (χ2v) is 7.41. The van der Waals surface area contributed by atoms with Gasteiger partial charge in [0.1, 0.15) is 5.75 Å². The molecular formula is C17H20ClNO3S. The third-order valence-corrected chi connectivity index (χ3v) is 5.11. The number of hydrogen-bond acceptors (Lipinski definition) is 3. The molecule has 2 aromatic rings. The minimum atomic E-state index is -3.38. The lowest BCUT2D eigenvalue weighted by atomic mass is 10.1. The standard InChI is InChI=1S/C17H20ClNO3S/c1-22-16-9-4-6-14(12-16)7-5-11-19-23(20,21)13-15-8-2-3-10-17(15)18/h2-4,6,8-10,12,19H,5,7,11,13H2,1H3. The molecule has 0 heterocycles. The van der Waals surface area contributed by atoms with Gasteiger partial charge in [-0.2, -0.15) is 0 Å². The summed E-state index contributed by atoms with van der Waals surface area (Å²) in [6, 6.07) is 14.7. The average Bonchev–Trinajstić information content (AvgIpc) is 2.54. The maximum absolute atomic E-state index is 12.1. The Morgan fingerprint density at radius 3 is 2.65 bits per heavy atom. The molecule has 0 radical (unpaired) electrons. The molecular weight excluding hydrogens is 334 g/mol. The van der Waals surface area contributed by atoms with Gasteiger partial charge in [0.2, 0.25) is 10.0 Å². The van der Waals surface area contributed by atoms with E-state index < -0.39 is 10.0 Å². The highest BCUT2D eigenvalue weighted by Crippen LogP contribution is 2.17. The van der Waals surface area contributed by atoms with Crippen molar-refractivity contribution in [2.24, 2.45) is 0 Å². The van der Waals surface area contributed by atoms with Gasteiger partial charge in [-0.3, -0.25) is 0 Å². The molecule has 1 N–H and O–H groups in total. The van der Waals surface area contributed by atoms with Gasteiger partial charge >= 0.3 is 0 Å². The van der Waals surface area contributed by atoms with Crippen LogP contribution in [0.15, 0.2) is 48.5 Å². The first kappa shape index (κ1) is 17.8. The van der Waals surface area contributed by atoms with E-state index in [-0.39, 0.29) is 5.75 Å². The smallest absolute Gasteiger partial charge is 0.215 e. The predicted molar refractivity (Wildman–Crippen MR) is 93.4 cm³/mol. The van der Waals surface area contributed by atoms with E-state index in [2.05, 4.69) is 4.72 Å². The van der Waals surface area contributed by atoms with Crippen LogP contribution in [0.5, 0.6) is 5.75 Å². The molecule has 0 atom stereocenters. The first-order chi connectivity index (χ1) is 11.0. The summed E-state index contributed by atoms with van der Waals surface area (Å²) in [5, 5.41) is 0.467. The summed E-state index contributed by atoms with van der Waals surface area (Å²) < 4.78 is 31.9. The molecule has 4 nitrogen and oxygen atoms in total. The van der Waals surface area contributed by atoms with Crippen LogP contribution in [0.25, 0.3) is 0 Å². The Bertz CT molecular complexity index is 747. The molecule has 6 heteroatoms. The SMILES string of the molecule is COc1cccc(CCCNS(=O)(=O)Cc2ccccc2Cl)c1. The summed E-state index contributed by atoms with van der Waals surface area (Å²) in [7, 11) is -1.76. The van der Waals surface area contributed by atoms with E-state index in [9.17, 15) is 8.42 Å². The van der Waals surface area contributed by atoms with Gasteiger partial charge in [0, 0.05) is 11.6 Å². The second kappa shape index (κ2) is 8.34. The second-order valence-electron chi connectivity index (χ2n) is 5.20. The highest BCUT2D eigenvalue weighted by Gasteiger charge is 2.12. The lowest BCUT2D eigenvalue weighted by Crippen LogP contribution is -2.26. The minimum Gasteiger partial charge on any atom is -0.497 e. The zero-order valence-electron chi connectivity index (χ0n) is 13.0. The lowest BCUT2D eigenvalue weighted by molar-refractivity contribution is 0.414. The number of benzene rings is 2. The monoisotopic (exact) mass is 353 g/mol. The van der Waals surface area contributed by atoms with E-state index in [0.717, 1.165) is 24.2 Å². The molecule has 0 unspecified atom stereocenters. The van der Waals surface area contributed by atoms with Gasteiger partial charge < -0.3 is 4.74 Å². The van der Waals surface area contributed by atoms with Crippen LogP contribution >= 0.6 is 11.6 Å². The van der Waals surface area contributed by atoms with Crippen molar-refractivity contribution in [3.05, 3.63) is 64.7 Å². The molecule has 0 amide bonds. The molecule has 2 rings (SSSR count). The number of aryl methyl sites for hydroxylation is 1. The zero-order chi connectivity index (χ0) is 16.7. The summed E-state index contributed by atoms with van der Waals surface area (Å²) in [6.45, 7) is 0.393. The minimum absolute atomic E-state index is 0.105. The molecule has 0 saturated heterocycles. The van der Waals surface area contributed by atoms with Gasteiger partial charge in [0.25, 0.3) is 0 Å². The van der Waals surface area contributed by atoms with Crippen LogP contribution < -0.4 is 9.46 Å². The summed E-state index contributed by atoms with van der Waals surface area (Å²) in [5.74, 6) is 0.702. The number of sulfonamides is 1. The molecule has 0 saturated carbocycles. The number of nitrogens with one attached hydrogen (secondary N) is 1. The van der Waals surface area contributed by atoms with E-state index in [1.165, 1.54) is 0 Å². The lowest BCUT2D eigenvalue weighted by Gasteiger charge is -2.08. The highest BCUT2D eigenvalue weighted by molar-refractivity contribution is 7.88. The topological polar surface area (TPSA) is 55.4 Å². The van der Waals surface area contributed by atoms with Crippen LogP contribution in [0.4, 0.5) is 0 Å². The summed E-state index contributed by atoms with van der Waals surface area (Å²) in [5.41, 5.74) is 1.73. The zero-order valence-corrected chi connectivity index (χ0v) is 14.5. The van der Waals surface area contributed by atoms with Crippen molar-refractivity contribution < 1.29 is 13.2 Å². The van der Waals surface area contributed by atoms with Crippen LogP contribution in [-0.4, -0.2) is 22.1 Å². The van der Waals surface area contributed by atoms with Crippen molar-refractivity contribution in [3.63, 3.8) is 0 Å². The number of methoxy groups -OCH3 is 1. The Morgan fingerprint density at radius 1 is 1.13 bits per heavy atom. The molecule has 0 aliphatic carbocycles. The number of hydrogen-bond donors (Lipinski definition) is 1. The van der Waals surface area contributed by atoms with Gasteiger partial charge in [-0.05, 0) is 42.2 Å². The Morgan fingerprint density at radius 2 is 1.91 bits per heavy atom. The van der Waals surface area contributed by atoms with Crippen molar-refractivity contribution in [1.29, 1.82) is 0 Å². The van der Waals surface area contributed by atoms with E-state index in [4.69, 9.17) is 16.3 Å². The highest BCUT2D eigenvalue weighted by atomic mass is 35.5. The van der Waals surface area contributed by atoms with Gasteiger partial charge in [-0.15, -0.1) is 0 Å². The van der Waals surface area contributed by atoms with Crippen molar-refractivity contribution >= 4 is 21.6 Å². The van der Waals surface area contributed by atoms with E-state index >= 15 is 0 Å². The largest absolute Gasteiger partial charge is 0.497 e. The van der Waals surface area contributed by atoms with E-state index in [0.29, 0.717) is 17.1 Å². The Hall–Kier alpha value is -1.56. The van der Waals surface area contributed by atoms with Crippen LogP contribution in [-0.2, 0) is 22.2 Å². The van der Waals surface area contributed by atoms with Crippen molar-refractivity contribution in [2.75, 3.05) is 13.7 Å². The van der Waals surface area contributed by atoms with Gasteiger partial charge in [-0.1, -0.05) is 41.9 Å². The molecule has 0 bridgehead atoms. The molecule has 0 fully saturated rings. The molecule has 124 valence electrons. The van der Waals surface area contributed by atoms with Gasteiger partial charge in [-0.25, -0.2) is 13.1 Å². The van der Waals surface area contributed by atoms with Crippen molar-refractivity contribution in [3.8, 4) is 5.75 Å².